The van der Waals surface area contributed by atoms with Crippen molar-refractivity contribution in [3.63, 3.8) is 0 Å². The van der Waals surface area contributed by atoms with E-state index >= 15 is 0 Å². The Balaban J connectivity index is 1.78. The van der Waals surface area contributed by atoms with Crippen molar-refractivity contribution < 1.29 is 10.0 Å². The molecule has 0 saturated heterocycles. The number of hydrogen-bond donors (Lipinski definition) is 2. The first-order valence-corrected chi connectivity index (χ1v) is 8.16. The van der Waals surface area contributed by atoms with Gasteiger partial charge < -0.3 is 10.6 Å². The second-order valence-electron chi connectivity index (χ2n) is 5.46. The molecule has 5 nitrogen and oxygen atoms in total. The van der Waals surface area contributed by atoms with Crippen LogP contribution < -0.4 is 10.6 Å². The molecule has 22 heavy (non-hydrogen) atoms. The molecule has 0 unspecified atom stereocenters. The van der Waals surface area contributed by atoms with Crippen LogP contribution in [0.5, 0.6) is 0 Å². The number of nitrogens with two attached hydrogens (primary N) is 1. The second kappa shape index (κ2) is 6.37. The Morgan fingerprint density at radius 3 is 3.00 bits per heavy atom. The molecule has 0 radical (unpaired) electrons. The molecule has 3 N–H and O–H groups in total. The van der Waals surface area contributed by atoms with Crippen LogP contribution in [-0.4, -0.2) is 22.8 Å². The van der Waals surface area contributed by atoms with Gasteiger partial charge in [-0.15, -0.1) is 11.3 Å². The van der Waals surface area contributed by atoms with Crippen LogP contribution >= 0.6 is 11.3 Å². The zero-order valence-corrected chi connectivity index (χ0v) is 13.1. The summed E-state index contributed by atoms with van der Waals surface area (Å²) >= 11 is 1.77. The molecule has 2 amide bonds. The van der Waals surface area contributed by atoms with Crippen LogP contribution in [0, 0.1) is 0 Å². The quantitative estimate of drug-likeness (QED) is 0.673. The van der Waals surface area contributed by atoms with Gasteiger partial charge >= 0.3 is 6.03 Å². The predicted molar refractivity (Wildman–Crippen MR) is 87.0 cm³/mol. The van der Waals surface area contributed by atoms with Crippen LogP contribution in [0.2, 0.25) is 0 Å². The lowest BCUT2D eigenvalue weighted by atomic mass is 9.99. The number of thiophene rings is 1. The third-order valence-electron chi connectivity index (χ3n) is 3.87. The minimum Gasteiger partial charge on any atom is -0.366 e. The van der Waals surface area contributed by atoms with Gasteiger partial charge in [0.1, 0.15) is 0 Å². The van der Waals surface area contributed by atoms with Crippen molar-refractivity contribution in [1.82, 2.24) is 5.06 Å². The van der Waals surface area contributed by atoms with Crippen molar-refractivity contribution in [2.24, 2.45) is 5.73 Å². The summed E-state index contributed by atoms with van der Waals surface area (Å²) in [5, 5.41) is 12.1. The van der Waals surface area contributed by atoms with E-state index < -0.39 is 6.03 Å². The Morgan fingerprint density at radius 2 is 2.27 bits per heavy atom. The van der Waals surface area contributed by atoms with E-state index in [1.807, 2.05) is 6.07 Å². The van der Waals surface area contributed by atoms with E-state index in [4.69, 9.17) is 5.73 Å². The molecule has 2 heterocycles. The molecule has 0 atom stereocenters. The van der Waals surface area contributed by atoms with Crippen LogP contribution in [0.15, 0.2) is 35.7 Å². The van der Waals surface area contributed by atoms with E-state index in [2.05, 4.69) is 34.5 Å². The average molecular weight is 317 g/mol. The number of carbonyl (C=O) groups excluding carboxylic acids is 1. The smallest absolute Gasteiger partial charge is 0.338 e. The minimum absolute atomic E-state index is 0.119. The number of fused-ring (bicyclic) bond motifs is 1. The Hall–Kier alpha value is -2.05. The van der Waals surface area contributed by atoms with E-state index in [0.29, 0.717) is 5.06 Å². The summed E-state index contributed by atoms with van der Waals surface area (Å²) in [7, 11) is 0. The van der Waals surface area contributed by atoms with Crippen LogP contribution in [0.25, 0.3) is 0 Å². The second-order valence-corrected chi connectivity index (χ2v) is 6.50. The monoisotopic (exact) mass is 317 g/mol. The lowest BCUT2D eigenvalue weighted by molar-refractivity contribution is -0.0470. The molecule has 2 aromatic rings. The fraction of sp³-hybridized carbons (Fsp3) is 0.312. The Morgan fingerprint density at radius 1 is 1.41 bits per heavy atom. The Bertz CT molecular complexity index is 657. The van der Waals surface area contributed by atoms with Gasteiger partial charge in [-0.1, -0.05) is 18.2 Å². The number of hydroxylamine groups is 2. The maximum atomic E-state index is 10.9. The standard InChI is InChI=1S/C16H19N3O2S/c17-16(20)19(21)10-12-5-6-15-13(9-12)3-1-7-18(15)11-14-4-2-8-22-14/h2,4-6,8-9,21H,1,3,7,10-11H2,(H2,17,20). The molecule has 116 valence electrons. The highest BCUT2D eigenvalue weighted by Crippen LogP contribution is 2.30. The summed E-state index contributed by atoms with van der Waals surface area (Å²) in [6.07, 6.45) is 2.13. The van der Waals surface area contributed by atoms with Gasteiger partial charge in [0, 0.05) is 17.1 Å². The summed E-state index contributed by atoms with van der Waals surface area (Å²) < 4.78 is 0. The van der Waals surface area contributed by atoms with Crippen LogP contribution in [0.4, 0.5) is 10.5 Å². The molecule has 1 aromatic carbocycles. The van der Waals surface area contributed by atoms with Gasteiger partial charge in [0.2, 0.25) is 0 Å². The normalized spacial score (nSPS) is 13.8. The molecular weight excluding hydrogens is 298 g/mol. The maximum Gasteiger partial charge on any atom is 0.338 e. The van der Waals surface area contributed by atoms with Crippen molar-refractivity contribution in [3.8, 4) is 0 Å². The number of rotatable bonds is 4. The lowest BCUT2D eigenvalue weighted by Gasteiger charge is -2.31. The molecule has 1 aliphatic rings. The number of urea groups is 1. The summed E-state index contributed by atoms with van der Waals surface area (Å²) in [5.74, 6) is 0. The van der Waals surface area contributed by atoms with Gasteiger partial charge in [0.15, 0.2) is 0 Å². The third-order valence-corrected chi connectivity index (χ3v) is 4.73. The molecular formula is C16H19N3O2S. The largest absolute Gasteiger partial charge is 0.366 e. The molecule has 1 aromatic heterocycles. The van der Waals surface area contributed by atoms with E-state index in [9.17, 15) is 10.0 Å². The third kappa shape index (κ3) is 3.23. The van der Waals surface area contributed by atoms with Crippen LogP contribution in [-0.2, 0) is 19.5 Å². The summed E-state index contributed by atoms with van der Waals surface area (Å²) in [6.45, 7) is 2.10. The molecule has 3 rings (SSSR count). The van der Waals surface area contributed by atoms with Gasteiger partial charge in [-0.3, -0.25) is 5.21 Å². The van der Waals surface area contributed by atoms with E-state index in [1.54, 1.807) is 11.3 Å². The van der Waals surface area contributed by atoms with Crippen molar-refractivity contribution in [1.29, 1.82) is 0 Å². The highest BCUT2D eigenvalue weighted by atomic mass is 32.1. The number of amides is 2. The SMILES string of the molecule is NC(=O)N(O)Cc1ccc2c(c1)CCCN2Cc1cccs1. The maximum absolute atomic E-state index is 10.9. The molecule has 0 saturated carbocycles. The minimum atomic E-state index is -0.836. The molecule has 1 aliphatic heterocycles. The first-order chi connectivity index (χ1) is 10.6. The summed E-state index contributed by atoms with van der Waals surface area (Å²) in [5.41, 5.74) is 8.44. The zero-order chi connectivity index (χ0) is 15.5. The number of anilines is 1. The van der Waals surface area contributed by atoms with Crippen molar-refractivity contribution in [2.75, 3.05) is 11.4 Å². The zero-order valence-electron chi connectivity index (χ0n) is 12.2. The van der Waals surface area contributed by atoms with Crippen LogP contribution in [0.3, 0.4) is 0 Å². The highest BCUT2D eigenvalue weighted by Gasteiger charge is 2.18. The molecule has 0 fully saturated rings. The van der Waals surface area contributed by atoms with Gasteiger partial charge in [-0.2, -0.15) is 0 Å². The van der Waals surface area contributed by atoms with E-state index in [1.165, 1.54) is 16.1 Å². The summed E-state index contributed by atoms with van der Waals surface area (Å²) in [4.78, 5) is 14.7. The van der Waals surface area contributed by atoms with Gasteiger partial charge in [0.05, 0.1) is 13.1 Å². The topological polar surface area (TPSA) is 69.8 Å². The van der Waals surface area contributed by atoms with Gasteiger partial charge in [0.25, 0.3) is 0 Å². The van der Waals surface area contributed by atoms with E-state index in [0.717, 1.165) is 31.5 Å². The fourth-order valence-electron chi connectivity index (χ4n) is 2.83. The molecule has 0 aliphatic carbocycles. The number of carbonyl (C=O) groups is 1. The van der Waals surface area contributed by atoms with Gasteiger partial charge in [-0.05, 0) is 41.5 Å². The summed E-state index contributed by atoms with van der Waals surface area (Å²) in [6, 6.07) is 9.47. The number of aryl methyl sites for hydroxylation is 1. The first kappa shape index (κ1) is 14.9. The van der Waals surface area contributed by atoms with Crippen molar-refractivity contribution >= 4 is 23.1 Å². The number of benzene rings is 1. The van der Waals surface area contributed by atoms with Crippen molar-refractivity contribution in [2.45, 2.75) is 25.9 Å². The van der Waals surface area contributed by atoms with Crippen LogP contribution in [0.1, 0.15) is 22.4 Å². The number of primary amides is 1. The highest BCUT2D eigenvalue weighted by molar-refractivity contribution is 7.09. The predicted octanol–water partition coefficient (Wildman–Crippen LogP) is 2.97. The molecule has 0 bridgehead atoms. The van der Waals surface area contributed by atoms with Gasteiger partial charge in [-0.25, -0.2) is 9.86 Å². The first-order valence-electron chi connectivity index (χ1n) is 7.28. The van der Waals surface area contributed by atoms with Crippen molar-refractivity contribution in [3.05, 3.63) is 51.7 Å². The average Bonchev–Trinajstić information content (AvgIpc) is 3.00. The number of nitrogens with zero attached hydrogens (tertiary/aromatic N) is 2. The number of hydrogen-bond acceptors (Lipinski definition) is 4. The Kier molecular flexibility index (Phi) is 4.31. The molecule has 0 spiro atoms. The lowest BCUT2D eigenvalue weighted by Crippen LogP contribution is -2.32. The van der Waals surface area contributed by atoms with E-state index in [-0.39, 0.29) is 6.54 Å². The molecule has 6 heteroatoms. The Labute approximate surface area is 133 Å². The fourth-order valence-corrected chi connectivity index (χ4v) is 3.55.